The maximum atomic E-state index is 12.4. The lowest BCUT2D eigenvalue weighted by molar-refractivity contribution is 0.0903. The minimum Gasteiger partial charge on any atom is -0.436 e. The molecule has 0 radical (unpaired) electrons. The van der Waals surface area contributed by atoms with E-state index in [1.807, 2.05) is 24.3 Å². The Balaban J connectivity index is 1.68. The number of nitrogens with one attached hydrogen (secondary N) is 1. The van der Waals surface area contributed by atoms with Crippen LogP contribution in [0.15, 0.2) is 28.7 Å². The van der Waals surface area contributed by atoms with Gasteiger partial charge in [-0.3, -0.25) is 4.79 Å². The molecule has 23 heavy (non-hydrogen) atoms. The lowest BCUT2D eigenvalue weighted by atomic mass is 10.0. The summed E-state index contributed by atoms with van der Waals surface area (Å²) in [6.07, 6.45) is 1.95. The molecule has 0 spiro atoms. The SMILES string of the molecule is Cc1nc(C)c(C(=O)NC2CCCN(c3ccccc3Cl)C2)o1. The molecule has 2 aromatic rings. The molecule has 0 aliphatic carbocycles. The number of piperidine rings is 1. The molecule has 0 saturated carbocycles. The highest BCUT2D eigenvalue weighted by Crippen LogP contribution is 2.27. The summed E-state index contributed by atoms with van der Waals surface area (Å²) in [4.78, 5) is 18.7. The zero-order valence-corrected chi connectivity index (χ0v) is 14.1. The summed E-state index contributed by atoms with van der Waals surface area (Å²) in [6, 6.07) is 7.86. The zero-order chi connectivity index (χ0) is 16.4. The summed E-state index contributed by atoms with van der Waals surface area (Å²) in [5.41, 5.74) is 1.64. The van der Waals surface area contributed by atoms with E-state index in [0.717, 1.165) is 36.6 Å². The Labute approximate surface area is 140 Å². The van der Waals surface area contributed by atoms with Gasteiger partial charge in [0.1, 0.15) is 0 Å². The molecule has 1 saturated heterocycles. The smallest absolute Gasteiger partial charge is 0.289 e. The molecule has 2 heterocycles. The standard InChI is InChI=1S/C17H20ClN3O2/c1-11-16(23-12(2)19-11)17(22)20-13-6-5-9-21(10-13)15-8-4-3-7-14(15)18/h3-4,7-8,13H,5-6,9-10H2,1-2H3,(H,20,22). The van der Waals surface area contributed by atoms with Crippen molar-refractivity contribution in [1.29, 1.82) is 0 Å². The Bertz CT molecular complexity index is 714. The largest absolute Gasteiger partial charge is 0.436 e. The third kappa shape index (κ3) is 3.50. The van der Waals surface area contributed by atoms with Crippen LogP contribution in [0, 0.1) is 13.8 Å². The summed E-state index contributed by atoms with van der Waals surface area (Å²) < 4.78 is 5.39. The third-order valence-electron chi connectivity index (χ3n) is 4.06. The maximum absolute atomic E-state index is 12.4. The van der Waals surface area contributed by atoms with E-state index in [9.17, 15) is 4.79 Å². The van der Waals surface area contributed by atoms with E-state index in [1.54, 1.807) is 13.8 Å². The first-order chi connectivity index (χ1) is 11.0. The van der Waals surface area contributed by atoms with Crippen LogP contribution in [0.4, 0.5) is 5.69 Å². The van der Waals surface area contributed by atoms with Gasteiger partial charge in [-0.1, -0.05) is 23.7 Å². The van der Waals surface area contributed by atoms with Gasteiger partial charge < -0.3 is 14.6 Å². The van der Waals surface area contributed by atoms with Crippen LogP contribution in [0.1, 0.15) is 35.0 Å². The van der Waals surface area contributed by atoms with Gasteiger partial charge in [0.25, 0.3) is 5.91 Å². The molecule has 1 aromatic carbocycles. The van der Waals surface area contributed by atoms with Crippen LogP contribution in [-0.4, -0.2) is 30.0 Å². The number of aryl methyl sites for hydroxylation is 2. The molecule has 1 aliphatic rings. The number of carbonyl (C=O) groups excluding carboxylic acids is 1. The molecule has 6 heteroatoms. The number of carbonyl (C=O) groups is 1. The zero-order valence-electron chi connectivity index (χ0n) is 13.3. The lowest BCUT2D eigenvalue weighted by Crippen LogP contribution is -2.48. The van der Waals surface area contributed by atoms with Crippen molar-refractivity contribution in [2.75, 3.05) is 18.0 Å². The number of para-hydroxylation sites is 1. The topological polar surface area (TPSA) is 58.4 Å². The quantitative estimate of drug-likeness (QED) is 0.935. The third-order valence-corrected chi connectivity index (χ3v) is 4.38. The van der Waals surface area contributed by atoms with Crippen molar-refractivity contribution in [3.05, 3.63) is 46.6 Å². The number of rotatable bonds is 3. The van der Waals surface area contributed by atoms with Crippen LogP contribution in [0.3, 0.4) is 0 Å². The molecule has 3 rings (SSSR count). The summed E-state index contributed by atoms with van der Waals surface area (Å²) in [6.45, 7) is 5.20. The number of amides is 1. The molecule has 1 N–H and O–H groups in total. The first kappa shape index (κ1) is 15.9. The van der Waals surface area contributed by atoms with E-state index >= 15 is 0 Å². The van der Waals surface area contributed by atoms with Crippen LogP contribution in [0.2, 0.25) is 5.02 Å². The number of nitrogens with zero attached hydrogens (tertiary/aromatic N) is 2. The van der Waals surface area contributed by atoms with Gasteiger partial charge in [0, 0.05) is 26.1 Å². The molecular formula is C17H20ClN3O2. The highest BCUT2D eigenvalue weighted by molar-refractivity contribution is 6.33. The minimum atomic E-state index is -0.200. The molecule has 1 atom stereocenters. The van der Waals surface area contributed by atoms with Crippen LogP contribution < -0.4 is 10.2 Å². The van der Waals surface area contributed by atoms with Crippen molar-refractivity contribution >= 4 is 23.2 Å². The van der Waals surface area contributed by atoms with Gasteiger partial charge >= 0.3 is 0 Å². The highest BCUT2D eigenvalue weighted by atomic mass is 35.5. The Morgan fingerprint density at radius 1 is 1.39 bits per heavy atom. The Morgan fingerprint density at radius 2 is 2.17 bits per heavy atom. The van der Waals surface area contributed by atoms with E-state index in [1.165, 1.54) is 0 Å². The Hall–Kier alpha value is -2.01. The van der Waals surface area contributed by atoms with Gasteiger partial charge in [-0.2, -0.15) is 0 Å². The molecule has 5 nitrogen and oxygen atoms in total. The van der Waals surface area contributed by atoms with Crippen molar-refractivity contribution in [2.24, 2.45) is 0 Å². The normalized spacial score (nSPS) is 18.0. The Morgan fingerprint density at radius 3 is 2.87 bits per heavy atom. The van der Waals surface area contributed by atoms with E-state index < -0.39 is 0 Å². The van der Waals surface area contributed by atoms with Gasteiger partial charge in [-0.15, -0.1) is 0 Å². The molecular weight excluding hydrogens is 314 g/mol. The van der Waals surface area contributed by atoms with Crippen molar-refractivity contribution in [3.8, 4) is 0 Å². The van der Waals surface area contributed by atoms with E-state index in [-0.39, 0.29) is 11.9 Å². The fourth-order valence-electron chi connectivity index (χ4n) is 3.01. The monoisotopic (exact) mass is 333 g/mol. The minimum absolute atomic E-state index is 0.0670. The first-order valence-corrected chi connectivity index (χ1v) is 8.17. The van der Waals surface area contributed by atoms with E-state index in [0.29, 0.717) is 17.3 Å². The molecule has 1 aromatic heterocycles. The summed E-state index contributed by atoms with van der Waals surface area (Å²) in [7, 11) is 0. The van der Waals surface area contributed by atoms with E-state index in [2.05, 4.69) is 15.2 Å². The van der Waals surface area contributed by atoms with Gasteiger partial charge in [0.05, 0.1) is 16.4 Å². The van der Waals surface area contributed by atoms with Crippen molar-refractivity contribution in [2.45, 2.75) is 32.7 Å². The second-order valence-corrected chi connectivity index (χ2v) is 6.26. The van der Waals surface area contributed by atoms with Crippen molar-refractivity contribution in [3.63, 3.8) is 0 Å². The molecule has 1 fully saturated rings. The fourth-order valence-corrected chi connectivity index (χ4v) is 3.27. The first-order valence-electron chi connectivity index (χ1n) is 7.79. The fraction of sp³-hybridized carbons (Fsp3) is 0.412. The van der Waals surface area contributed by atoms with Crippen molar-refractivity contribution < 1.29 is 9.21 Å². The van der Waals surface area contributed by atoms with Gasteiger partial charge in [0.15, 0.2) is 5.89 Å². The Kier molecular flexibility index (Phi) is 4.57. The molecule has 122 valence electrons. The second kappa shape index (κ2) is 6.62. The summed E-state index contributed by atoms with van der Waals surface area (Å²) in [5, 5.41) is 3.79. The number of oxazole rings is 1. The molecule has 1 aliphatic heterocycles. The van der Waals surface area contributed by atoms with E-state index in [4.69, 9.17) is 16.0 Å². The van der Waals surface area contributed by atoms with Gasteiger partial charge in [-0.25, -0.2) is 4.98 Å². The van der Waals surface area contributed by atoms with Crippen LogP contribution in [0.25, 0.3) is 0 Å². The number of hydrogen-bond acceptors (Lipinski definition) is 4. The molecule has 1 amide bonds. The summed E-state index contributed by atoms with van der Waals surface area (Å²) in [5.74, 6) is 0.612. The molecule has 1 unspecified atom stereocenters. The molecule has 0 bridgehead atoms. The second-order valence-electron chi connectivity index (χ2n) is 5.86. The van der Waals surface area contributed by atoms with Crippen molar-refractivity contribution in [1.82, 2.24) is 10.3 Å². The number of anilines is 1. The highest BCUT2D eigenvalue weighted by Gasteiger charge is 2.25. The number of aromatic nitrogens is 1. The maximum Gasteiger partial charge on any atom is 0.289 e. The van der Waals surface area contributed by atoms with Crippen LogP contribution >= 0.6 is 11.6 Å². The summed E-state index contributed by atoms with van der Waals surface area (Å²) >= 11 is 6.28. The van der Waals surface area contributed by atoms with Gasteiger partial charge in [0.2, 0.25) is 5.76 Å². The number of hydrogen-bond donors (Lipinski definition) is 1. The lowest BCUT2D eigenvalue weighted by Gasteiger charge is -2.35. The van der Waals surface area contributed by atoms with Crippen LogP contribution in [0.5, 0.6) is 0 Å². The van der Waals surface area contributed by atoms with Crippen LogP contribution in [-0.2, 0) is 0 Å². The van der Waals surface area contributed by atoms with Gasteiger partial charge in [-0.05, 0) is 31.9 Å². The average Bonchev–Trinajstić information content (AvgIpc) is 2.87. The number of halogens is 1. The average molecular weight is 334 g/mol. The number of benzene rings is 1. The predicted molar refractivity (Wildman–Crippen MR) is 90.1 cm³/mol. The predicted octanol–water partition coefficient (Wildman–Crippen LogP) is 3.34.